The maximum absolute atomic E-state index is 13.1. The van der Waals surface area contributed by atoms with Gasteiger partial charge in [0.1, 0.15) is 17.2 Å². The molecule has 2 amide bonds. The fourth-order valence-corrected chi connectivity index (χ4v) is 5.83. The molecule has 0 radical (unpaired) electrons. The van der Waals surface area contributed by atoms with Crippen LogP contribution in [0, 0.1) is 0 Å². The lowest BCUT2D eigenvalue weighted by molar-refractivity contribution is -0.124. The van der Waals surface area contributed by atoms with Crippen LogP contribution >= 0.6 is 11.3 Å². The Labute approximate surface area is 207 Å². The Bertz CT molecular complexity index is 1190. The zero-order valence-corrected chi connectivity index (χ0v) is 20.4. The van der Waals surface area contributed by atoms with Gasteiger partial charge in [-0.3, -0.25) is 4.79 Å². The van der Waals surface area contributed by atoms with E-state index in [1.54, 1.807) is 35.7 Å². The minimum Gasteiger partial charge on any atom is -0.465 e. The summed E-state index contributed by atoms with van der Waals surface area (Å²) in [5.74, 6) is -1.89. The third kappa shape index (κ3) is 8.46. The molecule has 0 saturated heterocycles. The highest BCUT2D eigenvalue weighted by molar-refractivity contribution is 7.90. The number of carboxylic acid groups (broad SMARTS) is 1. The number of hydrogen-bond donors (Lipinski definition) is 4. The molecular formula is C24H27N3O6S2. The summed E-state index contributed by atoms with van der Waals surface area (Å²) in [5.41, 5.74) is 1.52. The summed E-state index contributed by atoms with van der Waals surface area (Å²) in [4.78, 5) is 28.5. The third-order valence-electron chi connectivity index (χ3n) is 5.26. The number of hydrogen-bond acceptors (Lipinski definition) is 7. The van der Waals surface area contributed by atoms with Crippen molar-refractivity contribution in [3.8, 4) is 0 Å². The van der Waals surface area contributed by atoms with Crippen molar-refractivity contribution in [2.45, 2.75) is 36.8 Å². The van der Waals surface area contributed by atoms with Gasteiger partial charge in [0.05, 0.1) is 17.5 Å². The second-order valence-corrected chi connectivity index (χ2v) is 11.0. The number of benzene rings is 2. The predicted octanol–water partition coefficient (Wildman–Crippen LogP) is 2.55. The number of sulfone groups is 1. The van der Waals surface area contributed by atoms with Crippen molar-refractivity contribution >= 4 is 33.2 Å². The molecule has 35 heavy (non-hydrogen) atoms. The maximum Gasteiger partial charge on any atom is 0.405 e. The lowest BCUT2D eigenvalue weighted by Gasteiger charge is -2.26. The Hall–Kier alpha value is -3.28. The molecule has 9 nitrogen and oxygen atoms in total. The maximum atomic E-state index is 13.1. The number of aliphatic hydroxyl groups excluding tert-OH is 1. The first-order chi connectivity index (χ1) is 16.7. The minimum atomic E-state index is -3.84. The summed E-state index contributed by atoms with van der Waals surface area (Å²) < 4.78 is 25.5. The topological polar surface area (TPSA) is 146 Å². The molecule has 0 aliphatic heterocycles. The average Bonchev–Trinajstić information content (AvgIpc) is 3.36. The van der Waals surface area contributed by atoms with Crippen LogP contribution in [-0.2, 0) is 26.8 Å². The molecule has 1 aromatic heterocycles. The lowest BCUT2D eigenvalue weighted by atomic mass is 10.0. The third-order valence-corrected chi connectivity index (χ3v) is 7.72. The molecule has 3 atom stereocenters. The number of carbonyl (C=O) groups excluding carboxylic acids is 1. The Morgan fingerprint density at radius 1 is 0.971 bits per heavy atom. The van der Waals surface area contributed by atoms with Crippen LogP contribution in [0.15, 0.2) is 72.2 Å². The number of aryl methyl sites for hydroxylation is 1. The summed E-state index contributed by atoms with van der Waals surface area (Å²) >= 11 is 1.22. The molecule has 0 spiro atoms. The first kappa shape index (κ1) is 26.3. The van der Waals surface area contributed by atoms with Gasteiger partial charge in [0.2, 0.25) is 5.91 Å². The van der Waals surface area contributed by atoms with E-state index in [0.717, 1.165) is 5.56 Å². The van der Waals surface area contributed by atoms with Gasteiger partial charge >= 0.3 is 6.09 Å². The van der Waals surface area contributed by atoms with Crippen molar-refractivity contribution in [3.05, 3.63) is 88.4 Å². The predicted molar refractivity (Wildman–Crippen MR) is 133 cm³/mol. The number of aromatic nitrogens is 1. The normalized spacial score (nSPS) is 14.0. The molecule has 0 fully saturated rings. The Balaban J connectivity index is 1.75. The van der Waals surface area contributed by atoms with E-state index < -0.39 is 45.8 Å². The molecule has 0 saturated carbocycles. The smallest absolute Gasteiger partial charge is 0.405 e. The number of aliphatic hydroxyl groups is 1. The highest BCUT2D eigenvalue weighted by atomic mass is 32.2. The highest BCUT2D eigenvalue weighted by Gasteiger charge is 2.31. The SMILES string of the molecule is O=C(O)N[C@@H](CS(=O)(=O)Cc1ccccc1)C(=O)N[C@@H](CCc1ccccc1)C(O)c1nccs1. The molecule has 0 bridgehead atoms. The number of nitrogens with one attached hydrogen (secondary N) is 2. The average molecular weight is 518 g/mol. The second kappa shape index (κ2) is 12.4. The van der Waals surface area contributed by atoms with Crippen LogP contribution < -0.4 is 10.6 Å². The Morgan fingerprint density at radius 3 is 2.17 bits per heavy atom. The van der Waals surface area contributed by atoms with Crippen molar-refractivity contribution in [3.63, 3.8) is 0 Å². The van der Waals surface area contributed by atoms with Gasteiger partial charge < -0.3 is 20.8 Å². The molecule has 186 valence electrons. The van der Waals surface area contributed by atoms with E-state index in [1.165, 1.54) is 17.5 Å². The summed E-state index contributed by atoms with van der Waals surface area (Å²) in [7, 11) is -3.84. The van der Waals surface area contributed by atoms with Gasteiger partial charge in [-0.05, 0) is 24.0 Å². The number of thiazole rings is 1. The molecule has 1 unspecified atom stereocenters. The number of amides is 2. The van der Waals surface area contributed by atoms with Crippen LogP contribution in [0.25, 0.3) is 0 Å². The molecule has 3 aromatic rings. The molecular weight excluding hydrogens is 490 g/mol. The van der Waals surface area contributed by atoms with Crippen LogP contribution in [0.5, 0.6) is 0 Å². The van der Waals surface area contributed by atoms with Crippen LogP contribution in [0.2, 0.25) is 0 Å². The zero-order valence-electron chi connectivity index (χ0n) is 18.8. The fourth-order valence-electron chi connectivity index (χ4n) is 3.58. The first-order valence-electron chi connectivity index (χ1n) is 10.9. The summed E-state index contributed by atoms with van der Waals surface area (Å²) in [5, 5.41) is 26.8. The highest BCUT2D eigenvalue weighted by Crippen LogP contribution is 2.22. The lowest BCUT2D eigenvalue weighted by Crippen LogP contribution is -2.53. The molecule has 11 heteroatoms. The summed E-state index contributed by atoms with van der Waals surface area (Å²) in [6, 6.07) is 15.5. The van der Waals surface area contributed by atoms with Gasteiger partial charge in [0, 0.05) is 11.6 Å². The molecule has 0 aliphatic rings. The molecule has 1 heterocycles. The van der Waals surface area contributed by atoms with Crippen molar-refractivity contribution < 1.29 is 28.2 Å². The largest absolute Gasteiger partial charge is 0.465 e. The monoisotopic (exact) mass is 517 g/mol. The molecule has 0 aliphatic carbocycles. The minimum absolute atomic E-state index is 0.326. The van der Waals surface area contributed by atoms with E-state index in [-0.39, 0.29) is 5.75 Å². The van der Waals surface area contributed by atoms with E-state index in [4.69, 9.17) is 0 Å². The number of carbonyl (C=O) groups is 2. The first-order valence-corrected chi connectivity index (χ1v) is 13.6. The van der Waals surface area contributed by atoms with Gasteiger partial charge in [-0.1, -0.05) is 60.7 Å². The standard InChI is InChI=1S/C24H27N3O6S2/c28-21(23-25-13-14-34-23)19(12-11-17-7-3-1-4-8-17)26-22(29)20(27-24(30)31)16-35(32,33)15-18-9-5-2-6-10-18/h1-10,13-14,19-21,27-28H,11-12,15-16H2,(H,26,29)(H,30,31)/t19-,20-,21?/m0/s1. The zero-order chi connectivity index (χ0) is 25.3. The van der Waals surface area contributed by atoms with Crippen LogP contribution in [0.3, 0.4) is 0 Å². The quantitative estimate of drug-likeness (QED) is 0.289. The summed E-state index contributed by atoms with van der Waals surface area (Å²) in [6.07, 6.45) is -0.287. The van der Waals surface area contributed by atoms with Crippen LogP contribution in [0.4, 0.5) is 4.79 Å². The van der Waals surface area contributed by atoms with Crippen molar-refractivity contribution in [1.82, 2.24) is 15.6 Å². The van der Waals surface area contributed by atoms with Gasteiger partial charge in [0.25, 0.3) is 0 Å². The Kier molecular flexibility index (Phi) is 9.35. The fraction of sp³-hybridized carbons (Fsp3) is 0.292. The number of nitrogens with zero attached hydrogens (tertiary/aromatic N) is 1. The molecule has 4 N–H and O–H groups in total. The van der Waals surface area contributed by atoms with E-state index in [1.807, 2.05) is 35.6 Å². The van der Waals surface area contributed by atoms with Crippen LogP contribution in [0.1, 0.15) is 28.7 Å². The van der Waals surface area contributed by atoms with Crippen molar-refractivity contribution in [2.24, 2.45) is 0 Å². The van der Waals surface area contributed by atoms with Gasteiger partial charge in [-0.2, -0.15) is 0 Å². The number of rotatable bonds is 12. The van der Waals surface area contributed by atoms with E-state index in [0.29, 0.717) is 23.4 Å². The van der Waals surface area contributed by atoms with E-state index in [2.05, 4.69) is 10.3 Å². The molecule has 2 aromatic carbocycles. The van der Waals surface area contributed by atoms with E-state index in [9.17, 15) is 28.2 Å². The van der Waals surface area contributed by atoms with E-state index >= 15 is 0 Å². The van der Waals surface area contributed by atoms with Crippen molar-refractivity contribution in [1.29, 1.82) is 0 Å². The van der Waals surface area contributed by atoms with Gasteiger partial charge in [-0.15, -0.1) is 11.3 Å². The molecule has 3 rings (SSSR count). The van der Waals surface area contributed by atoms with Gasteiger partial charge in [-0.25, -0.2) is 18.2 Å². The second-order valence-electron chi connectivity index (χ2n) is 8.00. The Morgan fingerprint density at radius 2 is 1.60 bits per heavy atom. The summed E-state index contributed by atoms with van der Waals surface area (Å²) in [6.45, 7) is 0. The van der Waals surface area contributed by atoms with Crippen LogP contribution in [-0.4, -0.2) is 53.5 Å². The van der Waals surface area contributed by atoms with Crippen molar-refractivity contribution in [2.75, 3.05) is 5.75 Å². The van der Waals surface area contributed by atoms with Gasteiger partial charge in [0.15, 0.2) is 9.84 Å².